The molecule has 1 amide bonds. The van der Waals surface area contributed by atoms with Crippen LogP contribution in [-0.4, -0.2) is 32.1 Å². The number of carbonyl (C=O) groups is 1. The SMILES string of the molecule is COc1ccc(Br)c(C(=O)NC2CS(=O)(=O)c3cc([N+](=O)[O-])ccc32)c1. The zero-order chi connectivity index (χ0) is 19.1. The van der Waals surface area contributed by atoms with Crippen molar-refractivity contribution in [1.29, 1.82) is 0 Å². The van der Waals surface area contributed by atoms with Gasteiger partial charge in [-0.25, -0.2) is 8.42 Å². The molecule has 136 valence electrons. The van der Waals surface area contributed by atoms with Crippen LogP contribution in [-0.2, 0) is 9.84 Å². The van der Waals surface area contributed by atoms with E-state index < -0.39 is 26.7 Å². The summed E-state index contributed by atoms with van der Waals surface area (Å²) in [4.78, 5) is 22.7. The minimum absolute atomic E-state index is 0.123. The summed E-state index contributed by atoms with van der Waals surface area (Å²) in [6.45, 7) is 0. The molecular weight excluding hydrogens is 428 g/mol. The molecule has 1 N–H and O–H groups in total. The molecule has 3 rings (SSSR count). The molecule has 1 atom stereocenters. The summed E-state index contributed by atoms with van der Waals surface area (Å²) in [6, 6.07) is 7.68. The second-order valence-corrected chi connectivity index (χ2v) is 8.49. The lowest BCUT2D eigenvalue weighted by atomic mass is 10.1. The highest BCUT2D eigenvalue weighted by Gasteiger charge is 2.37. The van der Waals surface area contributed by atoms with E-state index in [4.69, 9.17) is 4.74 Å². The summed E-state index contributed by atoms with van der Waals surface area (Å²) in [7, 11) is -2.25. The van der Waals surface area contributed by atoms with Crippen molar-refractivity contribution in [2.45, 2.75) is 10.9 Å². The Balaban J connectivity index is 1.94. The summed E-state index contributed by atoms with van der Waals surface area (Å²) in [5.41, 5.74) is 0.315. The molecule has 0 saturated heterocycles. The maximum absolute atomic E-state index is 12.6. The summed E-state index contributed by atoms with van der Waals surface area (Å²) in [5, 5.41) is 13.6. The molecule has 0 bridgehead atoms. The van der Waals surface area contributed by atoms with Crippen LogP contribution in [0.3, 0.4) is 0 Å². The first-order chi connectivity index (χ1) is 12.2. The number of nitro groups is 1. The molecule has 1 unspecified atom stereocenters. The summed E-state index contributed by atoms with van der Waals surface area (Å²) in [5.74, 6) is -0.354. The smallest absolute Gasteiger partial charge is 0.270 e. The van der Waals surface area contributed by atoms with Gasteiger partial charge >= 0.3 is 0 Å². The van der Waals surface area contributed by atoms with E-state index >= 15 is 0 Å². The van der Waals surface area contributed by atoms with Crippen molar-refractivity contribution in [3.63, 3.8) is 0 Å². The number of amides is 1. The highest BCUT2D eigenvalue weighted by atomic mass is 79.9. The van der Waals surface area contributed by atoms with Gasteiger partial charge in [-0.3, -0.25) is 14.9 Å². The predicted octanol–water partition coefficient (Wildman–Crippen LogP) is 2.62. The first-order valence-corrected chi connectivity index (χ1v) is 9.83. The molecule has 0 radical (unpaired) electrons. The highest BCUT2D eigenvalue weighted by molar-refractivity contribution is 9.10. The van der Waals surface area contributed by atoms with E-state index in [9.17, 15) is 23.3 Å². The fourth-order valence-electron chi connectivity index (χ4n) is 2.75. The summed E-state index contributed by atoms with van der Waals surface area (Å²) >= 11 is 3.28. The number of methoxy groups -OCH3 is 1. The van der Waals surface area contributed by atoms with Crippen molar-refractivity contribution in [2.75, 3.05) is 12.9 Å². The average Bonchev–Trinajstić information content (AvgIpc) is 2.85. The van der Waals surface area contributed by atoms with Crippen molar-refractivity contribution in [2.24, 2.45) is 0 Å². The molecule has 8 nitrogen and oxygen atoms in total. The Morgan fingerprint density at radius 3 is 2.69 bits per heavy atom. The summed E-state index contributed by atoms with van der Waals surface area (Å²) < 4.78 is 30.3. The Morgan fingerprint density at radius 1 is 1.31 bits per heavy atom. The van der Waals surface area contributed by atoms with E-state index in [1.807, 2.05) is 0 Å². The first kappa shape index (κ1) is 18.3. The molecule has 0 aliphatic carbocycles. The van der Waals surface area contributed by atoms with Crippen molar-refractivity contribution in [1.82, 2.24) is 5.32 Å². The van der Waals surface area contributed by atoms with Crippen LogP contribution in [0.4, 0.5) is 5.69 Å². The second-order valence-electron chi connectivity index (χ2n) is 5.63. The summed E-state index contributed by atoms with van der Waals surface area (Å²) in [6.07, 6.45) is 0. The van der Waals surface area contributed by atoms with E-state index in [0.29, 0.717) is 15.8 Å². The zero-order valence-electron chi connectivity index (χ0n) is 13.4. The Bertz CT molecular complexity index is 1020. The van der Waals surface area contributed by atoms with E-state index in [0.717, 1.165) is 6.07 Å². The van der Waals surface area contributed by atoms with Crippen LogP contribution in [0.25, 0.3) is 0 Å². The largest absolute Gasteiger partial charge is 0.497 e. The van der Waals surface area contributed by atoms with Gasteiger partial charge in [0.25, 0.3) is 11.6 Å². The number of sulfone groups is 1. The average molecular weight is 441 g/mol. The third-order valence-corrected chi connectivity index (χ3v) is 6.52. The molecule has 1 aliphatic rings. The lowest BCUT2D eigenvalue weighted by Gasteiger charge is -2.14. The standard InChI is InChI=1S/C16H13BrN2O6S/c1-25-10-3-5-13(17)12(7-10)16(20)18-14-8-26(23,24)15-6-9(19(21)22)2-4-11(14)15/h2-7,14H,8H2,1H3,(H,18,20). The Kier molecular flexibility index (Phi) is 4.72. The van der Waals surface area contributed by atoms with Gasteiger partial charge in [0.1, 0.15) is 5.75 Å². The quantitative estimate of drug-likeness (QED) is 0.576. The number of halogens is 1. The number of ether oxygens (including phenoxy) is 1. The number of non-ortho nitro benzene ring substituents is 1. The Hall–Kier alpha value is -2.46. The molecular formula is C16H13BrN2O6S. The maximum Gasteiger partial charge on any atom is 0.270 e. The van der Waals surface area contributed by atoms with E-state index in [1.54, 1.807) is 12.1 Å². The number of nitrogens with zero attached hydrogens (tertiary/aromatic N) is 1. The van der Waals surface area contributed by atoms with Gasteiger partial charge in [0, 0.05) is 16.6 Å². The predicted molar refractivity (Wildman–Crippen MR) is 96.1 cm³/mol. The lowest BCUT2D eigenvalue weighted by Crippen LogP contribution is -2.29. The van der Waals surface area contributed by atoms with E-state index in [2.05, 4.69) is 21.2 Å². The van der Waals surface area contributed by atoms with Gasteiger partial charge in [0.15, 0.2) is 9.84 Å². The van der Waals surface area contributed by atoms with Crippen LogP contribution in [0.5, 0.6) is 5.75 Å². The van der Waals surface area contributed by atoms with Crippen LogP contribution in [0.2, 0.25) is 0 Å². The first-order valence-electron chi connectivity index (χ1n) is 7.38. The van der Waals surface area contributed by atoms with Gasteiger partial charge < -0.3 is 10.1 Å². The molecule has 2 aromatic carbocycles. The van der Waals surface area contributed by atoms with Gasteiger partial charge in [-0.05, 0) is 45.8 Å². The Labute approximate surface area is 157 Å². The Morgan fingerprint density at radius 2 is 2.04 bits per heavy atom. The molecule has 0 fully saturated rings. The molecule has 10 heteroatoms. The fourth-order valence-corrected chi connectivity index (χ4v) is 4.93. The molecule has 2 aromatic rings. The number of benzene rings is 2. The normalized spacial score (nSPS) is 17.4. The number of nitrogens with one attached hydrogen (secondary N) is 1. The minimum atomic E-state index is -3.72. The van der Waals surface area contributed by atoms with Crippen molar-refractivity contribution < 1.29 is 22.9 Å². The zero-order valence-corrected chi connectivity index (χ0v) is 15.8. The monoisotopic (exact) mass is 440 g/mol. The number of fused-ring (bicyclic) bond motifs is 1. The van der Waals surface area contributed by atoms with Crippen LogP contribution in [0.15, 0.2) is 45.8 Å². The van der Waals surface area contributed by atoms with Crippen LogP contribution < -0.4 is 10.1 Å². The van der Waals surface area contributed by atoms with Crippen LogP contribution in [0, 0.1) is 10.1 Å². The third kappa shape index (κ3) is 3.29. The van der Waals surface area contributed by atoms with Gasteiger partial charge in [0.05, 0.1) is 34.3 Å². The molecule has 0 saturated carbocycles. The van der Waals surface area contributed by atoms with Crippen molar-refractivity contribution in [3.05, 3.63) is 62.1 Å². The lowest BCUT2D eigenvalue weighted by molar-refractivity contribution is -0.385. The minimum Gasteiger partial charge on any atom is -0.497 e. The van der Waals surface area contributed by atoms with Crippen molar-refractivity contribution in [3.8, 4) is 5.75 Å². The maximum atomic E-state index is 12.6. The van der Waals surface area contributed by atoms with Crippen LogP contribution >= 0.6 is 15.9 Å². The van der Waals surface area contributed by atoms with Gasteiger partial charge in [0.2, 0.25) is 0 Å². The van der Waals surface area contributed by atoms with Gasteiger partial charge in [-0.2, -0.15) is 0 Å². The molecule has 1 aliphatic heterocycles. The molecule has 1 heterocycles. The van der Waals surface area contributed by atoms with Gasteiger partial charge in [-0.15, -0.1) is 0 Å². The van der Waals surface area contributed by atoms with E-state index in [-0.39, 0.29) is 21.9 Å². The number of hydrogen-bond donors (Lipinski definition) is 1. The van der Waals surface area contributed by atoms with E-state index in [1.165, 1.54) is 25.3 Å². The van der Waals surface area contributed by atoms with Gasteiger partial charge in [-0.1, -0.05) is 0 Å². The topological polar surface area (TPSA) is 116 Å². The highest BCUT2D eigenvalue weighted by Crippen LogP contribution is 2.36. The second kappa shape index (κ2) is 6.69. The number of rotatable bonds is 4. The number of hydrogen-bond acceptors (Lipinski definition) is 6. The number of carbonyl (C=O) groups excluding carboxylic acids is 1. The van der Waals surface area contributed by atoms with Crippen LogP contribution in [0.1, 0.15) is 22.0 Å². The van der Waals surface area contributed by atoms with Crippen molar-refractivity contribution >= 4 is 37.4 Å². The fraction of sp³-hybridized carbons (Fsp3) is 0.188. The molecule has 0 aromatic heterocycles. The molecule has 0 spiro atoms. The third-order valence-electron chi connectivity index (χ3n) is 4.03. The number of nitro benzene ring substituents is 1. The molecule has 26 heavy (non-hydrogen) atoms.